The summed E-state index contributed by atoms with van der Waals surface area (Å²) in [4.78, 5) is 0. The van der Waals surface area contributed by atoms with E-state index in [2.05, 4.69) is 72.8 Å². The van der Waals surface area contributed by atoms with Gasteiger partial charge in [-0.2, -0.15) is 0 Å². The van der Waals surface area contributed by atoms with Crippen molar-refractivity contribution in [3.63, 3.8) is 0 Å². The standard InChI is InChI=1S/C25H24O3/c1-26-22-10-6-20(7-11-22)25(14-18-4-2-3-5-19(18)15-25)21-8-12-23(13-9-21)27-16-24-17-28-24/h2-13,24H,14-17H2,1H3. The molecule has 0 radical (unpaired) electrons. The summed E-state index contributed by atoms with van der Waals surface area (Å²) in [5, 5.41) is 0. The predicted octanol–water partition coefficient (Wildman–Crippen LogP) is 4.56. The van der Waals surface area contributed by atoms with E-state index in [0.717, 1.165) is 30.9 Å². The van der Waals surface area contributed by atoms with Crippen molar-refractivity contribution in [2.45, 2.75) is 24.4 Å². The average molecular weight is 372 g/mol. The molecule has 3 aromatic rings. The van der Waals surface area contributed by atoms with Crippen LogP contribution in [0.15, 0.2) is 72.8 Å². The summed E-state index contributed by atoms with van der Waals surface area (Å²) in [7, 11) is 1.71. The van der Waals surface area contributed by atoms with Gasteiger partial charge in [-0.15, -0.1) is 0 Å². The molecule has 1 aliphatic heterocycles. The number of hydrogen-bond acceptors (Lipinski definition) is 3. The lowest BCUT2D eigenvalue weighted by Crippen LogP contribution is -2.28. The number of methoxy groups -OCH3 is 1. The van der Waals surface area contributed by atoms with E-state index in [1.54, 1.807) is 7.11 Å². The Labute approximate surface area is 165 Å². The maximum Gasteiger partial charge on any atom is 0.119 e. The van der Waals surface area contributed by atoms with Crippen LogP contribution < -0.4 is 9.47 Å². The van der Waals surface area contributed by atoms with E-state index >= 15 is 0 Å². The molecule has 1 unspecified atom stereocenters. The minimum absolute atomic E-state index is 0.0614. The molecule has 3 heteroatoms. The molecule has 1 aliphatic carbocycles. The average Bonchev–Trinajstić information content (AvgIpc) is 3.50. The van der Waals surface area contributed by atoms with Crippen molar-refractivity contribution < 1.29 is 14.2 Å². The van der Waals surface area contributed by atoms with Crippen LogP contribution in [0.25, 0.3) is 0 Å². The predicted molar refractivity (Wildman–Crippen MR) is 109 cm³/mol. The summed E-state index contributed by atoms with van der Waals surface area (Å²) in [5.74, 6) is 1.79. The lowest BCUT2D eigenvalue weighted by molar-refractivity contribution is 0.263. The van der Waals surface area contributed by atoms with Crippen LogP contribution in [0.4, 0.5) is 0 Å². The summed E-state index contributed by atoms with van der Waals surface area (Å²) in [5.41, 5.74) is 5.45. The van der Waals surface area contributed by atoms with Crippen molar-refractivity contribution in [3.05, 3.63) is 95.1 Å². The summed E-state index contributed by atoms with van der Waals surface area (Å²) in [6.07, 6.45) is 2.28. The number of ether oxygens (including phenoxy) is 3. The van der Waals surface area contributed by atoms with Gasteiger partial charge in [-0.05, 0) is 59.4 Å². The zero-order chi connectivity index (χ0) is 19.0. The van der Waals surface area contributed by atoms with E-state index in [4.69, 9.17) is 14.2 Å². The Kier molecular flexibility index (Phi) is 4.33. The molecule has 3 aromatic carbocycles. The fraction of sp³-hybridized carbons (Fsp3) is 0.280. The van der Waals surface area contributed by atoms with Gasteiger partial charge in [0.05, 0.1) is 13.7 Å². The van der Waals surface area contributed by atoms with Gasteiger partial charge in [0.25, 0.3) is 0 Å². The first-order chi connectivity index (χ1) is 13.8. The first-order valence-electron chi connectivity index (χ1n) is 9.83. The van der Waals surface area contributed by atoms with Crippen molar-refractivity contribution in [2.75, 3.05) is 20.3 Å². The van der Waals surface area contributed by atoms with Crippen LogP contribution in [0.3, 0.4) is 0 Å². The summed E-state index contributed by atoms with van der Waals surface area (Å²) in [6.45, 7) is 1.45. The van der Waals surface area contributed by atoms with Crippen LogP contribution in [0.1, 0.15) is 22.3 Å². The van der Waals surface area contributed by atoms with E-state index in [1.165, 1.54) is 22.3 Å². The van der Waals surface area contributed by atoms with Crippen LogP contribution in [-0.2, 0) is 23.0 Å². The molecule has 0 aromatic heterocycles. The normalized spacial score (nSPS) is 19.1. The summed E-state index contributed by atoms with van der Waals surface area (Å²) < 4.78 is 16.4. The maximum absolute atomic E-state index is 5.84. The molecule has 28 heavy (non-hydrogen) atoms. The third kappa shape index (κ3) is 3.16. The second-order valence-corrected chi connectivity index (χ2v) is 7.72. The minimum atomic E-state index is -0.0614. The SMILES string of the molecule is COc1ccc(C2(c3ccc(OCC4CO4)cc3)Cc3ccccc3C2)cc1. The van der Waals surface area contributed by atoms with Crippen molar-refractivity contribution in [3.8, 4) is 11.5 Å². The number of fused-ring (bicyclic) bond motifs is 1. The van der Waals surface area contributed by atoms with E-state index < -0.39 is 0 Å². The van der Waals surface area contributed by atoms with Gasteiger partial charge in [-0.25, -0.2) is 0 Å². The van der Waals surface area contributed by atoms with Crippen LogP contribution in [-0.4, -0.2) is 26.4 Å². The highest BCUT2D eigenvalue weighted by Gasteiger charge is 2.40. The third-order valence-electron chi connectivity index (χ3n) is 5.99. The van der Waals surface area contributed by atoms with Gasteiger partial charge in [-0.3, -0.25) is 0 Å². The first-order valence-corrected chi connectivity index (χ1v) is 9.83. The molecular formula is C25H24O3. The van der Waals surface area contributed by atoms with Crippen molar-refractivity contribution in [1.82, 2.24) is 0 Å². The van der Waals surface area contributed by atoms with Crippen LogP contribution in [0.5, 0.6) is 11.5 Å². The molecule has 0 bridgehead atoms. The number of hydrogen-bond donors (Lipinski definition) is 0. The van der Waals surface area contributed by atoms with Gasteiger partial charge in [0.15, 0.2) is 0 Å². The zero-order valence-corrected chi connectivity index (χ0v) is 16.1. The second kappa shape index (κ2) is 6.99. The monoisotopic (exact) mass is 372 g/mol. The van der Waals surface area contributed by atoms with Gasteiger partial charge in [-0.1, -0.05) is 48.5 Å². The van der Waals surface area contributed by atoms with Gasteiger partial charge < -0.3 is 14.2 Å². The first kappa shape index (κ1) is 17.3. The van der Waals surface area contributed by atoms with Gasteiger partial charge in [0.1, 0.15) is 24.2 Å². The molecule has 3 nitrogen and oxygen atoms in total. The Bertz CT molecular complexity index is 931. The fourth-order valence-electron chi connectivity index (χ4n) is 4.32. The Morgan fingerprint density at radius 3 is 1.86 bits per heavy atom. The van der Waals surface area contributed by atoms with Crippen molar-refractivity contribution in [2.24, 2.45) is 0 Å². The quantitative estimate of drug-likeness (QED) is 0.595. The number of benzene rings is 3. The molecule has 1 atom stereocenters. The van der Waals surface area contributed by atoms with Crippen LogP contribution in [0.2, 0.25) is 0 Å². The molecule has 1 heterocycles. The molecule has 0 N–H and O–H groups in total. The molecule has 142 valence electrons. The Balaban J connectivity index is 1.50. The highest BCUT2D eigenvalue weighted by atomic mass is 16.6. The molecule has 1 saturated heterocycles. The number of epoxide rings is 1. The summed E-state index contributed by atoms with van der Waals surface area (Å²) in [6, 6.07) is 26.0. The highest BCUT2D eigenvalue weighted by Crippen LogP contribution is 2.45. The Morgan fingerprint density at radius 2 is 1.36 bits per heavy atom. The lowest BCUT2D eigenvalue weighted by Gasteiger charge is -2.31. The topological polar surface area (TPSA) is 31.0 Å². The van der Waals surface area contributed by atoms with E-state index in [-0.39, 0.29) is 11.5 Å². The fourth-order valence-corrected chi connectivity index (χ4v) is 4.32. The van der Waals surface area contributed by atoms with Gasteiger partial charge in [0, 0.05) is 5.41 Å². The highest BCUT2D eigenvalue weighted by molar-refractivity contribution is 5.51. The van der Waals surface area contributed by atoms with Gasteiger partial charge in [0.2, 0.25) is 0 Å². The molecule has 1 fully saturated rings. The van der Waals surface area contributed by atoms with Crippen LogP contribution >= 0.6 is 0 Å². The van der Waals surface area contributed by atoms with Crippen molar-refractivity contribution in [1.29, 1.82) is 0 Å². The van der Waals surface area contributed by atoms with E-state index in [0.29, 0.717) is 6.61 Å². The zero-order valence-electron chi connectivity index (χ0n) is 16.1. The molecule has 0 amide bonds. The largest absolute Gasteiger partial charge is 0.497 e. The molecular weight excluding hydrogens is 348 g/mol. The van der Waals surface area contributed by atoms with Crippen LogP contribution in [0, 0.1) is 0 Å². The maximum atomic E-state index is 5.84. The Morgan fingerprint density at radius 1 is 0.821 bits per heavy atom. The Hall–Kier alpha value is -2.78. The third-order valence-corrected chi connectivity index (χ3v) is 5.99. The van der Waals surface area contributed by atoms with E-state index in [1.807, 2.05) is 0 Å². The van der Waals surface area contributed by atoms with Gasteiger partial charge >= 0.3 is 0 Å². The second-order valence-electron chi connectivity index (χ2n) is 7.72. The molecule has 0 spiro atoms. The minimum Gasteiger partial charge on any atom is -0.497 e. The molecule has 2 aliphatic rings. The molecule has 5 rings (SSSR count). The van der Waals surface area contributed by atoms with E-state index in [9.17, 15) is 0 Å². The summed E-state index contributed by atoms with van der Waals surface area (Å²) >= 11 is 0. The lowest BCUT2D eigenvalue weighted by atomic mass is 9.72. The smallest absolute Gasteiger partial charge is 0.119 e. The molecule has 0 saturated carbocycles. The number of rotatable bonds is 6. The van der Waals surface area contributed by atoms with Crippen molar-refractivity contribution >= 4 is 0 Å².